The van der Waals surface area contributed by atoms with Gasteiger partial charge in [0.1, 0.15) is 17.8 Å². The van der Waals surface area contributed by atoms with E-state index in [9.17, 15) is 5.26 Å². The number of anilines is 2. The van der Waals surface area contributed by atoms with Crippen LogP contribution in [0.15, 0.2) is 48.7 Å². The lowest BCUT2D eigenvalue weighted by Crippen LogP contribution is -2.37. The SMILES string of the molecule is COc1cc2c(Nc3cc(F)c(OCc4cccc(Cl)n4)cc3Cl)c(C#N)cnc2cc1OCC1CNCC(C)C1. The van der Waals surface area contributed by atoms with Gasteiger partial charge in [-0.3, -0.25) is 4.98 Å². The lowest BCUT2D eigenvalue weighted by atomic mass is 9.92. The largest absolute Gasteiger partial charge is 0.493 e. The van der Waals surface area contributed by atoms with Gasteiger partial charge in [-0.2, -0.15) is 5.26 Å². The number of piperidine rings is 1. The standard InChI is InChI=1S/C30H28Cl2FN5O3/c1-17-6-18(13-35-12-17)15-40-28-10-24-21(7-27(28)39-2)30(19(11-34)14-36-24)38-25-9-23(33)26(8-22(25)31)41-16-20-4-3-5-29(32)37-20/h3-5,7-10,14,17-18,35H,6,12-13,15-16H2,1-2H3,(H,36,38). The third kappa shape index (κ3) is 6.73. The molecule has 4 aromatic rings. The Bertz CT molecular complexity index is 1610. The van der Waals surface area contributed by atoms with Gasteiger partial charge in [-0.1, -0.05) is 36.2 Å². The number of ether oxygens (including phenoxy) is 3. The van der Waals surface area contributed by atoms with E-state index in [0.29, 0.717) is 57.4 Å². The molecular formula is C30H28Cl2FN5O3. The molecule has 1 fully saturated rings. The first kappa shape index (κ1) is 28.7. The van der Waals surface area contributed by atoms with Gasteiger partial charge in [0.15, 0.2) is 23.1 Å². The van der Waals surface area contributed by atoms with E-state index < -0.39 is 5.82 Å². The molecule has 0 spiro atoms. The maximum Gasteiger partial charge on any atom is 0.167 e. The number of hydrogen-bond acceptors (Lipinski definition) is 8. The van der Waals surface area contributed by atoms with E-state index in [0.717, 1.165) is 19.5 Å². The van der Waals surface area contributed by atoms with Gasteiger partial charge in [0, 0.05) is 42.2 Å². The minimum atomic E-state index is -0.643. The molecular weight excluding hydrogens is 568 g/mol. The second kappa shape index (κ2) is 12.8. The predicted molar refractivity (Wildman–Crippen MR) is 157 cm³/mol. The zero-order valence-electron chi connectivity index (χ0n) is 22.5. The van der Waals surface area contributed by atoms with Crippen LogP contribution in [-0.2, 0) is 6.61 Å². The normalized spacial score (nSPS) is 16.7. The number of fused-ring (bicyclic) bond motifs is 1. The third-order valence-electron chi connectivity index (χ3n) is 6.84. The molecule has 212 valence electrons. The van der Waals surface area contributed by atoms with Gasteiger partial charge < -0.3 is 24.8 Å². The molecule has 0 radical (unpaired) electrons. The van der Waals surface area contributed by atoms with Crippen LogP contribution in [-0.4, -0.2) is 36.8 Å². The van der Waals surface area contributed by atoms with Crippen molar-refractivity contribution in [2.24, 2.45) is 11.8 Å². The number of halogens is 3. The highest BCUT2D eigenvalue weighted by Gasteiger charge is 2.21. The summed E-state index contributed by atoms with van der Waals surface area (Å²) < 4.78 is 32.4. The number of pyridine rings is 2. The van der Waals surface area contributed by atoms with Gasteiger partial charge in [-0.15, -0.1) is 0 Å². The molecule has 1 aliphatic rings. The van der Waals surface area contributed by atoms with Gasteiger partial charge in [0.05, 0.1) is 46.9 Å². The van der Waals surface area contributed by atoms with Crippen molar-refractivity contribution in [2.75, 3.05) is 32.1 Å². The molecule has 11 heteroatoms. The van der Waals surface area contributed by atoms with E-state index in [-0.39, 0.29) is 28.6 Å². The van der Waals surface area contributed by atoms with Gasteiger partial charge in [-0.05, 0) is 37.1 Å². The van der Waals surface area contributed by atoms with Gasteiger partial charge in [0.25, 0.3) is 0 Å². The summed E-state index contributed by atoms with van der Waals surface area (Å²) in [6, 6.07) is 13.3. The number of methoxy groups -OCH3 is 1. The number of aromatic nitrogens is 2. The first-order valence-corrected chi connectivity index (χ1v) is 13.8. The van der Waals surface area contributed by atoms with Crippen molar-refractivity contribution in [3.05, 3.63) is 75.9 Å². The van der Waals surface area contributed by atoms with Crippen LogP contribution in [0.3, 0.4) is 0 Å². The fourth-order valence-corrected chi connectivity index (χ4v) is 5.23. The Kier molecular flexibility index (Phi) is 8.93. The van der Waals surface area contributed by atoms with E-state index in [1.807, 2.05) is 0 Å². The molecule has 1 aliphatic heterocycles. The molecule has 2 aromatic carbocycles. The predicted octanol–water partition coefficient (Wildman–Crippen LogP) is 6.90. The van der Waals surface area contributed by atoms with Crippen LogP contribution in [0.25, 0.3) is 10.9 Å². The fourth-order valence-electron chi connectivity index (χ4n) is 4.85. The Morgan fingerprint density at radius 2 is 1.98 bits per heavy atom. The summed E-state index contributed by atoms with van der Waals surface area (Å²) in [7, 11) is 1.55. The number of benzene rings is 2. The second-order valence-electron chi connectivity index (χ2n) is 9.98. The van der Waals surface area contributed by atoms with Gasteiger partial charge >= 0.3 is 0 Å². The van der Waals surface area contributed by atoms with E-state index in [2.05, 4.69) is 33.6 Å². The number of hydrogen-bond donors (Lipinski definition) is 2. The lowest BCUT2D eigenvalue weighted by Gasteiger charge is -2.27. The molecule has 0 amide bonds. The summed E-state index contributed by atoms with van der Waals surface area (Å²) in [4.78, 5) is 8.59. The van der Waals surface area contributed by atoms with Crippen LogP contribution in [0.2, 0.25) is 10.2 Å². The van der Waals surface area contributed by atoms with Crippen LogP contribution in [0.5, 0.6) is 17.2 Å². The summed E-state index contributed by atoms with van der Waals surface area (Å²) in [5, 5.41) is 17.5. The molecule has 2 atom stereocenters. The number of rotatable bonds is 9. The highest BCUT2D eigenvalue weighted by Crippen LogP contribution is 2.39. The molecule has 2 unspecified atom stereocenters. The average Bonchev–Trinajstić information content (AvgIpc) is 2.96. The van der Waals surface area contributed by atoms with E-state index in [1.165, 1.54) is 18.3 Å². The van der Waals surface area contributed by atoms with Crippen molar-refractivity contribution in [3.63, 3.8) is 0 Å². The second-order valence-corrected chi connectivity index (χ2v) is 10.8. The molecule has 0 bridgehead atoms. The van der Waals surface area contributed by atoms with Crippen LogP contribution < -0.4 is 24.8 Å². The number of nitrogens with zero attached hydrogens (tertiary/aromatic N) is 3. The van der Waals surface area contributed by atoms with Crippen molar-refractivity contribution in [3.8, 4) is 23.3 Å². The molecule has 2 N–H and O–H groups in total. The van der Waals surface area contributed by atoms with Crippen LogP contribution in [0.4, 0.5) is 15.8 Å². The Morgan fingerprint density at radius 3 is 2.73 bits per heavy atom. The molecule has 41 heavy (non-hydrogen) atoms. The molecule has 3 heterocycles. The zero-order valence-corrected chi connectivity index (χ0v) is 24.0. The van der Waals surface area contributed by atoms with Gasteiger partial charge in [0.2, 0.25) is 0 Å². The smallest absolute Gasteiger partial charge is 0.167 e. The molecule has 1 saturated heterocycles. The molecule has 0 saturated carbocycles. The Morgan fingerprint density at radius 1 is 1.12 bits per heavy atom. The first-order chi connectivity index (χ1) is 19.8. The fraction of sp³-hybridized carbons (Fsp3) is 0.300. The topological polar surface area (TPSA) is 101 Å². The minimum Gasteiger partial charge on any atom is -0.493 e. The van der Waals surface area contributed by atoms with E-state index in [1.54, 1.807) is 37.4 Å². The molecule has 0 aliphatic carbocycles. The monoisotopic (exact) mass is 595 g/mol. The quantitative estimate of drug-likeness (QED) is 0.201. The zero-order chi connectivity index (χ0) is 28.9. The van der Waals surface area contributed by atoms with E-state index >= 15 is 4.39 Å². The van der Waals surface area contributed by atoms with Crippen LogP contribution >= 0.6 is 23.2 Å². The Labute approximate surface area is 247 Å². The minimum absolute atomic E-state index is 0.00857. The maximum atomic E-state index is 15.1. The first-order valence-electron chi connectivity index (χ1n) is 13.1. The van der Waals surface area contributed by atoms with Crippen molar-refractivity contribution >= 4 is 45.5 Å². The van der Waals surface area contributed by atoms with Crippen molar-refractivity contribution in [2.45, 2.75) is 20.0 Å². The van der Waals surface area contributed by atoms with Crippen molar-refractivity contribution in [1.29, 1.82) is 5.26 Å². The molecule has 8 nitrogen and oxygen atoms in total. The molecule has 5 rings (SSSR count). The summed E-state index contributed by atoms with van der Waals surface area (Å²) in [5.41, 5.74) is 2.02. The Hall–Kier alpha value is -3.84. The average molecular weight is 596 g/mol. The van der Waals surface area contributed by atoms with Crippen LogP contribution in [0.1, 0.15) is 24.6 Å². The lowest BCUT2D eigenvalue weighted by molar-refractivity contribution is 0.189. The number of nitriles is 1. The molecule has 2 aromatic heterocycles. The van der Waals surface area contributed by atoms with Crippen LogP contribution in [0, 0.1) is 29.0 Å². The number of nitrogens with one attached hydrogen (secondary N) is 2. The third-order valence-corrected chi connectivity index (χ3v) is 7.36. The highest BCUT2D eigenvalue weighted by molar-refractivity contribution is 6.33. The summed E-state index contributed by atoms with van der Waals surface area (Å²) >= 11 is 12.4. The summed E-state index contributed by atoms with van der Waals surface area (Å²) in [6.45, 7) is 4.68. The van der Waals surface area contributed by atoms with Crippen molar-refractivity contribution < 1.29 is 18.6 Å². The summed E-state index contributed by atoms with van der Waals surface area (Å²) in [6.07, 6.45) is 2.53. The van der Waals surface area contributed by atoms with Crippen molar-refractivity contribution in [1.82, 2.24) is 15.3 Å². The Balaban J connectivity index is 1.41. The maximum absolute atomic E-state index is 15.1. The highest BCUT2D eigenvalue weighted by atomic mass is 35.5. The summed E-state index contributed by atoms with van der Waals surface area (Å²) in [5.74, 6) is 1.33. The van der Waals surface area contributed by atoms with Gasteiger partial charge in [-0.25, -0.2) is 9.37 Å². The van der Waals surface area contributed by atoms with E-state index in [4.69, 9.17) is 37.4 Å².